The highest BCUT2D eigenvalue weighted by molar-refractivity contribution is 7.99. The lowest BCUT2D eigenvalue weighted by Crippen LogP contribution is -2.32. The Morgan fingerprint density at radius 2 is 1.88 bits per heavy atom. The van der Waals surface area contributed by atoms with E-state index < -0.39 is 5.82 Å². The molecule has 0 aliphatic carbocycles. The molecule has 1 N–H and O–H groups in total. The standard InChI is InChI=1S/C24H23FN4O2S/c1-3-28(14-17-7-5-4-6-8-17)21(30)15-32-24-27-20-13-16(2)26-22(20)23(31)29(24)19-11-9-18(25)10-12-19/h4-13,26H,3,14-15H2,1-2H3. The van der Waals surface area contributed by atoms with Crippen molar-refractivity contribution in [3.8, 4) is 5.69 Å². The van der Waals surface area contributed by atoms with Crippen LogP contribution >= 0.6 is 11.8 Å². The van der Waals surface area contributed by atoms with Crippen LogP contribution in [0.5, 0.6) is 0 Å². The number of H-pyrrole nitrogens is 1. The number of fused-ring (bicyclic) bond motifs is 1. The Morgan fingerprint density at radius 3 is 2.56 bits per heavy atom. The molecule has 0 radical (unpaired) electrons. The molecule has 0 aliphatic rings. The number of nitrogens with one attached hydrogen (secondary N) is 1. The smallest absolute Gasteiger partial charge is 0.283 e. The second kappa shape index (κ2) is 9.40. The summed E-state index contributed by atoms with van der Waals surface area (Å²) >= 11 is 1.20. The van der Waals surface area contributed by atoms with E-state index in [0.29, 0.717) is 35.0 Å². The molecule has 0 saturated carbocycles. The molecule has 0 bridgehead atoms. The van der Waals surface area contributed by atoms with Crippen molar-refractivity contribution in [3.63, 3.8) is 0 Å². The van der Waals surface area contributed by atoms with E-state index in [-0.39, 0.29) is 17.2 Å². The number of hydrogen-bond donors (Lipinski definition) is 1. The molecule has 0 atom stereocenters. The summed E-state index contributed by atoms with van der Waals surface area (Å²) in [5, 5.41) is 0.386. The number of carbonyl (C=O) groups excluding carboxylic acids is 1. The number of benzene rings is 2. The summed E-state index contributed by atoms with van der Waals surface area (Å²) in [6.45, 7) is 4.88. The van der Waals surface area contributed by atoms with Crippen molar-refractivity contribution in [2.45, 2.75) is 25.5 Å². The summed E-state index contributed by atoms with van der Waals surface area (Å²) in [6, 6.07) is 17.2. The van der Waals surface area contributed by atoms with Gasteiger partial charge in [-0.2, -0.15) is 0 Å². The van der Waals surface area contributed by atoms with E-state index in [1.807, 2.05) is 44.2 Å². The molecule has 0 aliphatic heterocycles. The maximum Gasteiger partial charge on any atom is 0.283 e. The van der Waals surface area contributed by atoms with Crippen LogP contribution in [0.4, 0.5) is 4.39 Å². The van der Waals surface area contributed by atoms with Crippen molar-refractivity contribution in [2.75, 3.05) is 12.3 Å². The molecule has 32 heavy (non-hydrogen) atoms. The molecule has 2 heterocycles. The zero-order chi connectivity index (χ0) is 22.7. The number of thioether (sulfide) groups is 1. The van der Waals surface area contributed by atoms with Crippen LogP contribution in [0.3, 0.4) is 0 Å². The second-order valence-corrected chi connectivity index (χ2v) is 8.35. The number of amides is 1. The van der Waals surface area contributed by atoms with E-state index in [2.05, 4.69) is 9.97 Å². The molecule has 4 rings (SSSR count). The highest BCUT2D eigenvalue weighted by atomic mass is 32.2. The summed E-state index contributed by atoms with van der Waals surface area (Å²) in [7, 11) is 0. The van der Waals surface area contributed by atoms with E-state index >= 15 is 0 Å². The van der Waals surface area contributed by atoms with Crippen LogP contribution in [-0.4, -0.2) is 37.6 Å². The van der Waals surface area contributed by atoms with Gasteiger partial charge in [-0.15, -0.1) is 0 Å². The van der Waals surface area contributed by atoms with Gasteiger partial charge < -0.3 is 9.88 Å². The first-order valence-corrected chi connectivity index (χ1v) is 11.3. The molecule has 164 valence electrons. The molecule has 0 spiro atoms. The predicted molar refractivity (Wildman–Crippen MR) is 125 cm³/mol. The summed E-state index contributed by atoms with van der Waals surface area (Å²) < 4.78 is 14.9. The van der Waals surface area contributed by atoms with Gasteiger partial charge in [-0.3, -0.25) is 14.2 Å². The molecule has 6 nitrogen and oxygen atoms in total. The van der Waals surface area contributed by atoms with E-state index in [9.17, 15) is 14.0 Å². The fourth-order valence-corrected chi connectivity index (χ4v) is 4.41. The average molecular weight is 451 g/mol. The third-order valence-corrected chi connectivity index (χ3v) is 6.04. The summed E-state index contributed by atoms with van der Waals surface area (Å²) in [4.78, 5) is 35.6. The maximum absolute atomic E-state index is 13.5. The van der Waals surface area contributed by atoms with Gasteiger partial charge in [0.05, 0.1) is 17.0 Å². The number of carbonyl (C=O) groups is 1. The van der Waals surface area contributed by atoms with Crippen molar-refractivity contribution in [3.05, 3.63) is 88.1 Å². The van der Waals surface area contributed by atoms with Gasteiger partial charge in [-0.25, -0.2) is 9.37 Å². The zero-order valence-corrected chi connectivity index (χ0v) is 18.7. The van der Waals surface area contributed by atoms with Crippen molar-refractivity contribution >= 4 is 28.7 Å². The van der Waals surface area contributed by atoms with Crippen LogP contribution in [0.1, 0.15) is 18.2 Å². The van der Waals surface area contributed by atoms with Gasteiger partial charge >= 0.3 is 0 Å². The van der Waals surface area contributed by atoms with Crippen LogP contribution in [0.2, 0.25) is 0 Å². The zero-order valence-electron chi connectivity index (χ0n) is 17.8. The lowest BCUT2D eigenvalue weighted by atomic mass is 10.2. The number of aryl methyl sites for hydroxylation is 1. The molecule has 2 aromatic heterocycles. The molecule has 2 aromatic carbocycles. The van der Waals surface area contributed by atoms with Gasteiger partial charge in [0.2, 0.25) is 5.91 Å². The lowest BCUT2D eigenvalue weighted by molar-refractivity contribution is -0.128. The average Bonchev–Trinajstić information content (AvgIpc) is 3.18. The molecule has 8 heteroatoms. The second-order valence-electron chi connectivity index (χ2n) is 7.41. The van der Waals surface area contributed by atoms with E-state index in [0.717, 1.165) is 11.3 Å². The predicted octanol–water partition coefficient (Wildman–Crippen LogP) is 4.30. The minimum absolute atomic E-state index is 0.0494. The van der Waals surface area contributed by atoms with Crippen LogP contribution in [-0.2, 0) is 11.3 Å². The first-order chi connectivity index (χ1) is 15.5. The Kier molecular flexibility index (Phi) is 6.41. The van der Waals surface area contributed by atoms with Crippen LogP contribution < -0.4 is 5.56 Å². The lowest BCUT2D eigenvalue weighted by Gasteiger charge is -2.21. The van der Waals surface area contributed by atoms with Gasteiger partial charge in [0.1, 0.15) is 11.3 Å². The number of nitrogens with zero attached hydrogens (tertiary/aromatic N) is 3. The molecule has 0 unspecified atom stereocenters. The number of aromatic nitrogens is 3. The van der Waals surface area contributed by atoms with E-state index in [1.54, 1.807) is 11.0 Å². The fourth-order valence-electron chi connectivity index (χ4n) is 3.49. The van der Waals surface area contributed by atoms with Gasteiger partial charge in [0.15, 0.2) is 5.16 Å². The maximum atomic E-state index is 13.5. The van der Waals surface area contributed by atoms with Gasteiger partial charge in [-0.1, -0.05) is 42.1 Å². The minimum Gasteiger partial charge on any atom is -0.353 e. The molecular weight excluding hydrogens is 427 g/mol. The monoisotopic (exact) mass is 450 g/mol. The number of hydrogen-bond acceptors (Lipinski definition) is 4. The number of rotatable bonds is 7. The molecule has 0 saturated heterocycles. The number of halogens is 1. The normalized spacial score (nSPS) is 11.1. The van der Waals surface area contributed by atoms with Gasteiger partial charge in [0, 0.05) is 18.8 Å². The third kappa shape index (κ3) is 4.60. The van der Waals surface area contributed by atoms with Gasteiger partial charge in [-0.05, 0) is 49.7 Å². The highest BCUT2D eigenvalue weighted by Gasteiger charge is 2.18. The van der Waals surface area contributed by atoms with Crippen molar-refractivity contribution < 1.29 is 9.18 Å². The molecular formula is C24H23FN4O2S. The van der Waals surface area contributed by atoms with Crippen molar-refractivity contribution in [1.29, 1.82) is 0 Å². The topological polar surface area (TPSA) is 71.0 Å². The first kappa shape index (κ1) is 21.8. The fraction of sp³-hybridized carbons (Fsp3) is 0.208. The Balaban J connectivity index is 1.64. The Morgan fingerprint density at radius 1 is 1.16 bits per heavy atom. The summed E-state index contributed by atoms with van der Waals surface area (Å²) in [5.41, 5.74) is 2.98. The van der Waals surface area contributed by atoms with E-state index in [1.165, 1.54) is 40.6 Å². The molecule has 1 amide bonds. The highest BCUT2D eigenvalue weighted by Crippen LogP contribution is 2.22. The SMILES string of the molecule is CCN(Cc1ccccc1)C(=O)CSc1nc2cc(C)[nH]c2c(=O)n1-c1ccc(F)cc1. The van der Waals surface area contributed by atoms with Crippen molar-refractivity contribution in [2.24, 2.45) is 0 Å². The summed E-state index contributed by atoms with van der Waals surface area (Å²) in [6.07, 6.45) is 0. The van der Waals surface area contributed by atoms with Crippen LogP contribution in [0.15, 0.2) is 70.6 Å². The van der Waals surface area contributed by atoms with Gasteiger partial charge in [0.25, 0.3) is 5.56 Å². The first-order valence-electron chi connectivity index (χ1n) is 10.3. The molecule has 0 fully saturated rings. The van der Waals surface area contributed by atoms with E-state index in [4.69, 9.17) is 0 Å². The number of aromatic amines is 1. The summed E-state index contributed by atoms with van der Waals surface area (Å²) in [5.74, 6) is -0.314. The van der Waals surface area contributed by atoms with Crippen LogP contribution in [0, 0.1) is 12.7 Å². The van der Waals surface area contributed by atoms with Crippen LogP contribution in [0.25, 0.3) is 16.7 Å². The third-order valence-electron chi connectivity index (χ3n) is 5.12. The Hall–Kier alpha value is -3.39. The Labute approximate surface area is 189 Å². The van der Waals surface area contributed by atoms with Crippen molar-refractivity contribution in [1.82, 2.24) is 19.4 Å². The Bertz CT molecular complexity index is 1300. The largest absolute Gasteiger partial charge is 0.353 e. The quantitative estimate of drug-likeness (QED) is 0.337. The molecule has 4 aromatic rings. The minimum atomic E-state index is -0.393.